The number of amides is 2. The molecular weight excluding hydrogens is 602 g/mol. The van der Waals surface area contributed by atoms with Crippen molar-refractivity contribution < 1.29 is 22.8 Å². The van der Waals surface area contributed by atoms with Crippen molar-refractivity contribution in [3.8, 4) is 0 Å². The van der Waals surface area contributed by atoms with E-state index in [0.29, 0.717) is 18.7 Å². The summed E-state index contributed by atoms with van der Waals surface area (Å²) in [5, 5.41) is 2.24. The zero-order valence-electron chi connectivity index (χ0n) is 18.8. The highest BCUT2D eigenvalue weighted by Gasteiger charge is 2.36. The molecule has 1 heterocycles. The normalized spacial score (nSPS) is 17.3. The molecule has 5 nitrogen and oxygen atoms in total. The minimum absolute atomic E-state index is 0.0444. The van der Waals surface area contributed by atoms with Crippen LogP contribution in [0.25, 0.3) is 0 Å². The number of halogens is 4. The van der Waals surface area contributed by atoms with Gasteiger partial charge in [-0.2, -0.15) is 13.2 Å². The fourth-order valence-corrected chi connectivity index (χ4v) is 5.05. The second-order valence-corrected chi connectivity index (χ2v) is 10.4. The van der Waals surface area contributed by atoms with Gasteiger partial charge in [-0.15, -0.1) is 0 Å². The van der Waals surface area contributed by atoms with Gasteiger partial charge in [0.05, 0.1) is 11.3 Å². The Kier molecular flexibility index (Phi) is 8.35. The molecule has 10 heteroatoms. The summed E-state index contributed by atoms with van der Waals surface area (Å²) in [6.07, 6.45) is -4.03. The van der Waals surface area contributed by atoms with Crippen LogP contribution < -0.4 is 5.32 Å². The highest BCUT2D eigenvalue weighted by Crippen LogP contribution is 2.34. The molecule has 0 aliphatic carbocycles. The number of anilines is 1. The third-order valence-corrected chi connectivity index (χ3v) is 7.32. The van der Waals surface area contributed by atoms with Crippen LogP contribution in [0.1, 0.15) is 17.5 Å². The molecule has 186 valence electrons. The molecule has 1 saturated heterocycles. The Hall–Kier alpha value is -2.86. The predicted octanol–water partition coefficient (Wildman–Crippen LogP) is 6.51. The summed E-state index contributed by atoms with van der Waals surface area (Å²) in [6.45, 7) is 0.291. The van der Waals surface area contributed by atoms with Crippen molar-refractivity contribution in [1.82, 2.24) is 4.90 Å². The van der Waals surface area contributed by atoms with Gasteiger partial charge >= 0.3 is 6.18 Å². The molecule has 36 heavy (non-hydrogen) atoms. The van der Waals surface area contributed by atoms with Crippen molar-refractivity contribution in [2.45, 2.75) is 24.3 Å². The molecule has 0 spiro atoms. The molecule has 1 fully saturated rings. The fourth-order valence-electron chi connectivity index (χ4n) is 3.57. The van der Waals surface area contributed by atoms with Crippen LogP contribution in [-0.4, -0.2) is 33.7 Å². The molecule has 1 atom stereocenters. The molecule has 1 N–H and O–H groups in total. The summed E-state index contributed by atoms with van der Waals surface area (Å²) in [5.41, 5.74) is 0.826. The number of benzene rings is 3. The second-order valence-electron chi connectivity index (χ2n) is 8.03. The van der Waals surface area contributed by atoms with E-state index in [1.54, 1.807) is 12.1 Å². The number of hydrogen-bond acceptors (Lipinski definition) is 4. The number of nitrogens with one attached hydrogen (secondary N) is 1. The molecule has 0 bridgehead atoms. The number of amidine groups is 1. The lowest BCUT2D eigenvalue weighted by atomic mass is 10.1. The van der Waals surface area contributed by atoms with Crippen LogP contribution in [0.4, 0.5) is 24.5 Å². The summed E-state index contributed by atoms with van der Waals surface area (Å²) in [4.78, 5) is 31.9. The molecular formula is C26H21F3IN3O2S. The zero-order valence-corrected chi connectivity index (χ0v) is 21.8. The maximum Gasteiger partial charge on any atom is 0.416 e. The number of alkyl halides is 3. The first kappa shape index (κ1) is 26.2. The van der Waals surface area contributed by atoms with Gasteiger partial charge in [-0.3, -0.25) is 14.5 Å². The number of carbonyl (C=O) groups is 2. The largest absolute Gasteiger partial charge is 0.416 e. The SMILES string of the molecule is O=C(Nc1ccc(I)cc1)C1CC(=O)N(CCc2ccccc2)C(=Nc2cccc(C(F)(F)F)c2)S1. The first-order valence-electron chi connectivity index (χ1n) is 11.0. The molecule has 3 aromatic rings. The van der Waals surface area contributed by atoms with E-state index in [-0.39, 0.29) is 29.1 Å². The third kappa shape index (κ3) is 6.88. The first-order valence-corrected chi connectivity index (χ1v) is 13.0. The molecule has 1 unspecified atom stereocenters. The fraction of sp³-hybridized carbons (Fsp3) is 0.192. The van der Waals surface area contributed by atoms with Gasteiger partial charge in [0.2, 0.25) is 11.8 Å². The van der Waals surface area contributed by atoms with Gasteiger partial charge in [0.1, 0.15) is 5.25 Å². The zero-order chi connectivity index (χ0) is 25.7. The molecule has 3 aromatic carbocycles. The summed E-state index contributed by atoms with van der Waals surface area (Å²) < 4.78 is 40.7. The van der Waals surface area contributed by atoms with Gasteiger partial charge in [0, 0.05) is 22.2 Å². The summed E-state index contributed by atoms with van der Waals surface area (Å²) in [5.74, 6) is -0.674. The molecule has 0 saturated carbocycles. The van der Waals surface area contributed by atoms with Gasteiger partial charge in [0.15, 0.2) is 5.17 Å². The maximum atomic E-state index is 13.2. The Balaban J connectivity index is 1.59. The highest BCUT2D eigenvalue weighted by molar-refractivity contribution is 14.1. The van der Waals surface area contributed by atoms with E-state index in [4.69, 9.17) is 0 Å². The average Bonchev–Trinajstić information content (AvgIpc) is 2.85. The lowest BCUT2D eigenvalue weighted by Gasteiger charge is -2.32. The van der Waals surface area contributed by atoms with E-state index in [1.807, 2.05) is 42.5 Å². The minimum atomic E-state index is -4.52. The highest BCUT2D eigenvalue weighted by atomic mass is 127. The van der Waals surface area contributed by atoms with E-state index in [2.05, 4.69) is 32.9 Å². The van der Waals surface area contributed by atoms with E-state index in [1.165, 1.54) is 17.0 Å². The van der Waals surface area contributed by atoms with Crippen LogP contribution in [0.15, 0.2) is 83.9 Å². The van der Waals surface area contributed by atoms with Gasteiger partial charge < -0.3 is 5.32 Å². The van der Waals surface area contributed by atoms with E-state index < -0.39 is 17.0 Å². The Bertz CT molecular complexity index is 1270. The van der Waals surface area contributed by atoms with Crippen LogP contribution in [0.2, 0.25) is 0 Å². The molecule has 4 rings (SSSR count). The van der Waals surface area contributed by atoms with Gasteiger partial charge in [0.25, 0.3) is 0 Å². The second kappa shape index (κ2) is 11.5. The van der Waals surface area contributed by atoms with Crippen LogP contribution >= 0.6 is 34.4 Å². The quantitative estimate of drug-likeness (QED) is 0.319. The van der Waals surface area contributed by atoms with Crippen LogP contribution in [0, 0.1) is 3.57 Å². The predicted molar refractivity (Wildman–Crippen MR) is 144 cm³/mol. The Morgan fingerprint density at radius 1 is 1.06 bits per heavy atom. The van der Waals surface area contributed by atoms with Gasteiger partial charge in [-0.05, 0) is 77.0 Å². The topological polar surface area (TPSA) is 61.8 Å². The lowest BCUT2D eigenvalue weighted by Crippen LogP contribution is -2.46. The standard InChI is InChI=1S/C26H21F3IN3O2S/c27-26(28,29)18-7-4-8-21(15-18)32-25-33(14-13-17-5-2-1-3-6-17)23(34)16-22(36-25)24(35)31-20-11-9-19(30)10-12-20/h1-12,15,22H,13-14,16H2,(H,31,35). The van der Waals surface area contributed by atoms with E-state index >= 15 is 0 Å². The molecule has 0 radical (unpaired) electrons. The first-order chi connectivity index (χ1) is 17.2. The summed E-state index contributed by atoms with van der Waals surface area (Å²) in [7, 11) is 0. The lowest BCUT2D eigenvalue weighted by molar-refractivity contribution is -0.137. The van der Waals surface area contributed by atoms with Crippen molar-refractivity contribution >= 4 is 62.7 Å². The molecule has 1 aliphatic heterocycles. The summed E-state index contributed by atoms with van der Waals surface area (Å²) >= 11 is 3.23. The van der Waals surface area contributed by atoms with Gasteiger partial charge in [-0.25, -0.2) is 4.99 Å². The Morgan fingerprint density at radius 2 is 1.78 bits per heavy atom. The number of aliphatic imine (C=N–C) groups is 1. The van der Waals surface area contributed by atoms with E-state index in [9.17, 15) is 22.8 Å². The average molecular weight is 623 g/mol. The number of hydrogen-bond donors (Lipinski definition) is 1. The molecule has 2 amide bonds. The van der Waals surface area contributed by atoms with Crippen LogP contribution in [0.5, 0.6) is 0 Å². The number of rotatable bonds is 6. The third-order valence-electron chi connectivity index (χ3n) is 5.41. The number of carbonyl (C=O) groups excluding carboxylic acids is 2. The minimum Gasteiger partial charge on any atom is -0.325 e. The maximum absolute atomic E-state index is 13.2. The summed E-state index contributed by atoms with van der Waals surface area (Å²) in [6, 6.07) is 21.4. The Morgan fingerprint density at radius 3 is 2.47 bits per heavy atom. The van der Waals surface area contributed by atoms with Crippen molar-refractivity contribution in [3.63, 3.8) is 0 Å². The van der Waals surface area contributed by atoms with Crippen LogP contribution in [-0.2, 0) is 22.2 Å². The van der Waals surface area contributed by atoms with Crippen molar-refractivity contribution in [1.29, 1.82) is 0 Å². The Labute approximate surface area is 224 Å². The molecule has 1 aliphatic rings. The van der Waals surface area contributed by atoms with Crippen LogP contribution in [0.3, 0.4) is 0 Å². The van der Waals surface area contributed by atoms with Crippen molar-refractivity contribution in [2.24, 2.45) is 4.99 Å². The van der Waals surface area contributed by atoms with E-state index in [0.717, 1.165) is 33.0 Å². The van der Waals surface area contributed by atoms with Gasteiger partial charge in [-0.1, -0.05) is 48.2 Å². The monoisotopic (exact) mass is 623 g/mol. The smallest absolute Gasteiger partial charge is 0.325 e. The molecule has 0 aromatic heterocycles. The number of nitrogens with zero attached hydrogens (tertiary/aromatic N) is 2. The number of thioether (sulfide) groups is 1. The van der Waals surface area contributed by atoms with Crippen molar-refractivity contribution in [2.75, 3.05) is 11.9 Å². The van der Waals surface area contributed by atoms with Crippen molar-refractivity contribution in [3.05, 3.63) is 93.6 Å².